The number of aliphatic carboxylic acids is 2. The first-order valence-corrected chi connectivity index (χ1v) is 5.52. The molecule has 0 fully saturated rings. The molecule has 3 N–H and O–H groups in total. The number of nitrogens with one attached hydrogen (secondary N) is 1. The standard InChI is InChI=1S/C12H17NO4/c1-7(11(14)15)3-9-5-13-6-10(9)4-8(2)12(16)17/h5-8,13H,3-4H2,1-2H3,(H,14,15)(H,16,17). The molecule has 0 saturated heterocycles. The van der Waals surface area contributed by atoms with E-state index in [0.29, 0.717) is 12.8 Å². The Morgan fingerprint density at radius 2 is 1.41 bits per heavy atom. The highest BCUT2D eigenvalue weighted by atomic mass is 16.4. The van der Waals surface area contributed by atoms with Crippen LogP contribution in [0.3, 0.4) is 0 Å². The van der Waals surface area contributed by atoms with Gasteiger partial charge in [0.15, 0.2) is 0 Å². The smallest absolute Gasteiger partial charge is 0.306 e. The second kappa shape index (κ2) is 5.52. The highest BCUT2D eigenvalue weighted by Crippen LogP contribution is 2.17. The van der Waals surface area contributed by atoms with Crippen molar-refractivity contribution in [3.05, 3.63) is 23.5 Å². The number of carboxylic acids is 2. The quantitative estimate of drug-likeness (QED) is 0.702. The van der Waals surface area contributed by atoms with Gasteiger partial charge in [0, 0.05) is 12.4 Å². The number of carboxylic acid groups (broad SMARTS) is 2. The largest absolute Gasteiger partial charge is 0.481 e. The monoisotopic (exact) mass is 239 g/mol. The summed E-state index contributed by atoms with van der Waals surface area (Å²) in [5.74, 6) is -2.62. The molecule has 0 saturated carbocycles. The Morgan fingerprint density at radius 3 is 1.71 bits per heavy atom. The number of H-pyrrole nitrogens is 1. The van der Waals surface area contributed by atoms with Crippen molar-refractivity contribution < 1.29 is 19.8 Å². The molecule has 0 bridgehead atoms. The third-order valence-electron chi connectivity index (χ3n) is 2.82. The van der Waals surface area contributed by atoms with Gasteiger partial charge in [0.05, 0.1) is 11.8 Å². The predicted molar refractivity (Wildman–Crippen MR) is 61.8 cm³/mol. The zero-order valence-corrected chi connectivity index (χ0v) is 9.93. The van der Waals surface area contributed by atoms with E-state index in [1.807, 2.05) is 0 Å². The van der Waals surface area contributed by atoms with Crippen LogP contribution in [0.5, 0.6) is 0 Å². The molecule has 0 radical (unpaired) electrons. The summed E-state index contributed by atoms with van der Waals surface area (Å²) in [4.78, 5) is 24.4. The maximum atomic E-state index is 10.8. The van der Waals surface area contributed by atoms with Gasteiger partial charge >= 0.3 is 11.9 Å². The van der Waals surface area contributed by atoms with Crippen LogP contribution < -0.4 is 0 Å². The van der Waals surface area contributed by atoms with Crippen LogP contribution in [0.2, 0.25) is 0 Å². The van der Waals surface area contributed by atoms with E-state index in [4.69, 9.17) is 10.2 Å². The van der Waals surface area contributed by atoms with Gasteiger partial charge in [-0.2, -0.15) is 0 Å². The van der Waals surface area contributed by atoms with Crippen molar-refractivity contribution in [3.63, 3.8) is 0 Å². The normalized spacial score (nSPS) is 14.2. The minimum Gasteiger partial charge on any atom is -0.481 e. The third kappa shape index (κ3) is 3.62. The highest BCUT2D eigenvalue weighted by molar-refractivity contribution is 5.70. The molecule has 0 aliphatic carbocycles. The summed E-state index contributed by atoms with van der Waals surface area (Å²) >= 11 is 0. The van der Waals surface area contributed by atoms with Crippen molar-refractivity contribution in [2.45, 2.75) is 26.7 Å². The van der Waals surface area contributed by atoms with Crippen LogP contribution in [0.4, 0.5) is 0 Å². The summed E-state index contributed by atoms with van der Waals surface area (Å²) in [5, 5.41) is 17.7. The van der Waals surface area contributed by atoms with Gasteiger partial charge in [-0.3, -0.25) is 9.59 Å². The zero-order valence-electron chi connectivity index (χ0n) is 9.93. The van der Waals surface area contributed by atoms with Crippen LogP contribution in [0.25, 0.3) is 0 Å². The molecule has 2 unspecified atom stereocenters. The summed E-state index contributed by atoms with van der Waals surface area (Å²) in [6.45, 7) is 3.28. The van der Waals surface area contributed by atoms with Gasteiger partial charge in [-0.1, -0.05) is 13.8 Å². The average Bonchev–Trinajstić information content (AvgIpc) is 2.65. The molecule has 1 aromatic heterocycles. The van der Waals surface area contributed by atoms with Gasteiger partial charge in [-0.15, -0.1) is 0 Å². The van der Waals surface area contributed by atoms with Gasteiger partial charge in [-0.25, -0.2) is 0 Å². The molecule has 0 aromatic carbocycles. The molecule has 1 aromatic rings. The Labute approximate surface area is 99.5 Å². The number of rotatable bonds is 6. The Balaban J connectivity index is 2.72. The van der Waals surface area contributed by atoms with E-state index in [0.717, 1.165) is 11.1 Å². The number of aromatic amines is 1. The number of hydrogen-bond donors (Lipinski definition) is 3. The molecule has 0 aliphatic heterocycles. The van der Waals surface area contributed by atoms with Crippen LogP contribution in [0.15, 0.2) is 12.4 Å². The van der Waals surface area contributed by atoms with E-state index in [9.17, 15) is 9.59 Å². The molecule has 94 valence electrons. The van der Waals surface area contributed by atoms with Gasteiger partial charge in [-0.05, 0) is 24.0 Å². The van der Waals surface area contributed by atoms with Gasteiger partial charge in [0.1, 0.15) is 0 Å². The number of carbonyl (C=O) groups is 2. The average molecular weight is 239 g/mol. The molecule has 5 heteroatoms. The fourth-order valence-corrected chi connectivity index (χ4v) is 1.64. The summed E-state index contributed by atoms with van der Waals surface area (Å²) in [7, 11) is 0. The minimum atomic E-state index is -0.844. The fraction of sp³-hybridized carbons (Fsp3) is 0.500. The van der Waals surface area contributed by atoms with Crippen LogP contribution in [-0.4, -0.2) is 27.1 Å². The van der Waals surface area contributed by atoms with E-state index in [2.05, 4.69) is 4.98 Å². The van der Waals surface area contributed by atoms with Gasteiger partial charge in [0.25, 0.3) is 0 Å². The first-order valence-electron chi connectivity index (χ1n) is 5.52. The second-order valence-corrected chi connectivity index (χ2v) is 4.39. The molecule has 1 heterocycles. The molecule has 17 heavy (non-hydrogen) atoms. The highest BCUT2D eigenvalue weighted by Gasteiger charge is 2.18. The SMILES string of the molecule is CC(Cc1c[nH]cc1CC(C)C(=O)O)C(=O)O. The molecule has 0 amide bonds. The Morgan fingerprint density at radius 1 is 1.06 bits per heavy atom. The lowest BCUT2D eigenvalue weighted by Crippen LogP contribution is -2.15. The molecule has 5 nitrogen and oxygen atoms in total. The molecular formula is C12H17NO4. The first kappa shape index (κ1) is 13.3. The summed E-state index contributed by atoms with van der Waals surface area (Å²) in [6.07, 6.45) is 4.31. The summed E-state index contributed by atoms with van der Waals surface area (Å²) in [6, 6.07) is 0. The Bertz CT molecular complexity index is 374. The maximum absolute atomic E-state index is 10.8. The van der Waals surface area contributed by atoms with Crippen molar-refractivity contribution in [1.29, 1.82) is 0 Å². The minimum absolute atomic E-state index is 0.417. The Kier molecular flexibility index (Phi) is 4.31. The van der Waals surface area contributed by atoms with Gasteiger partial charge in [0.2, 0.25) is 0 Å². The Hall–Kier alpha value is -1.78. The molecule has 2 atom stereocenters. The van der Waals surface area contributed by atoms with Crippen LogP contribution >= 0.6 is 0 Å². The topological polar surface area (TPSA) is 90.4 Å². The van der Waals surface area contributed by atoms with Crippen molar-refractivity contribution >= 4 is 11.9 Å². The number of hydrogen-bond acceptors (Lipinski definition) is 2. The van der Waals surface area contributed by atoms with E-state index < -0.39 is 23.8 Å². The van der Waals surface area contributed by atoms with Crippen molar-refractivity contribution in [3.8, 4) is 0 Å². The van der Waals surface area contributed by atoms with Crippen molar-refractivity contribution in [2.24, 2.45) is 11.8 Å². The van der Waals surface area contributed by atoms with E-state index in [-0.39, 0.29) is 0 Å². The molecule has 1 rings (SSSR count). The van der Waals surface area contributed by atoms with E-state index in [1.54, 1.807) is 26.2 Å². The molecular weight excluding hydrogens is 222 g/mol. The van der Waals surface area contributed by atoms with E-state index >= 15 is 0 Å². The zero-order chi connectivity index (χ0) is 13.0. The van der Waals surface area contributed by atoms with Crippen molar-refractivity contribution in [1.82, 2.24) is 4.98 Å². The summed E-state index contributed by atoms with van der Waals surface area (Å²) < 4.78 is 0. The lowest BCUT2D eigenvalue weighted by atomic mass is 9.95. The summed E-state index contributed by atoms with van der Waals surface area (Å²) in [5.41, 5.74) is 1.76. The van der Waals surface area contributed by atoms with Crippen LogP contribution in [-0.2, 0) is 22.4 Å². The maximum Gasteiger partial charge on any atom is 0.306 e. The predicted octanol–water partition coefficient (Wildman–Crippen LogP) is 1.54. The second-order valence-electron chi connectivity index (χ2n) is 4.39. The number of aromatic nitrogens is 1. The first-order chi connectivity index (χ1) is 7.91. The van der Waals surface area contributed by atoms with Crippen molar-refractivity contribution in [2.75, 3.05) is 0 Å². The lowest BCUT2D eigenvalue weighted by Gasteiger charge is -2.09. The van der Waals surface area contributed by atoms with E-state index in [1.165, 1.54) is 0 Å². The third-order valence-corrected chi connectivity index (χ3v) is 2.82. The molecule has 0 spiro atoms. The van der Waals surface area contributed by atoms with Crippen LogP contribution in [0.1, 0.15) is 25.0 Å². The molecule has 0 aliphatic rings. The fourth-order valence-electron chi connectivity index (χ4n) is 1.64. The lowest BCUT2D eigenvalue weighted by molar-refractivity contribution is -0.142. The van der Waals surface area contributed by atoms with Gasteiger partial charge < -0.3 is 15.2 Å². The van der Waals surface area contributed by atoms with Crippen LogP contribution in [0, 0.1) is 11.8 Å².